The Hall–Kier alpha value is -2.98. The molecule has 0 saturated carbocycles. The topological polar surface area (TPSA) is 98.5 Å². The molecule has 0 radical (unpaired) electrons. The highest BCUT2D eigenvalue weighted by Crippen LogP contribution is 2.29. The molecule has 0 spiro atoms. The Morgan fingerprint density at radius 3 is 2.63 bits per heavy atom. The zero-order valence-electron chi connectivity index (χ0n) is 20.8. The van der Waals surface area contributed by atoms with Crippen LogP contribution in [0, 0.1) is 33.6 Å². The number of rotatable bonds is 8. The van der Waals surface area contributed by atoms with Gasteiger partial charge in [-0.3, -0.25) is 9.20 Å². The van der Waals surface area contributed by atoms with Crippen LogP contribution in [0.3, 0.4) is 0 Å². The van der Waals surface area contributed by atoms with Gasteiger partial charge in [0.2, 0.25) is 5.91 Å². The number of aromatic nitrogens is 4. The summed E-state index contributed by atoms with van der Waals surface area (Å²) in [5.74, 6) is 0.202. The van der Waals surface area contributed by atoms with E-state index in [0.717, 1.165) is 38.8 Å². The maximum absolute atomic E-state index is 12.5. The van der Waals surface area contributed by atoms with Crippen LogP contribution < -0.4 is 5.32 Å². The fraction of sp³-hybridized carbons (Fsp3) is 0.400. The molecule has 0 bridgehead atoms. The number of fused-ring (bicyclic) bond motifs is 3. The molecule has 184 valence electrons. The second-order valence-electron chi connectivity index (χ2n) is 9.05. The molecule has 4 rings (SSSR count). The first-order valence-electron chi connectivity index (χ1n) is 11.5. The van der Waals surface area contributed by atoms with Crippen LogP contribution in [0.5, 0.6) is 0 Å². The molecule has 0 fully saturated rings. The Morgan fingerprint density at radius 1 is 1.11 bits per heavy atom. The predicted molar refractivity (Wildman–Crippen MR) is 141 cm³/mol. The van der Waals surface area contributed by atoms with E-state index in [1.807, 2.05) is 19.9 Å². The van der Waals surface area contributed by atoms with E-state index < -0.39 is 5.97 Å². The maximum atomic E-state index is 12.5. The number of anilines is 1. The minimum Gasteiger partial charge on any atom is -0.461 e. The smallest absolute Gasteiger partial charge is 0.350 e. The molecule has 0 aliphatic heterocycles. The van der Waals surface area contributed by atoms with E-state index in [4.69, 9.17) is 4.74 Å². The van der Waals surface area contributed by atoms with Crippen molar-refractivity contribution in [1.29, 1.82) is 0 Å². The van der Waals surface area contributed by atoms with Gasteiger partial charge in [0.05, 0.1) is 17.8 Å². The van der Waals surface area contributed by atoms with Gasteiger partial charge in [-0.05, 0) is 56.9 Å². The normalized spacial score (nSPS) is 11.5. The highest BCUT2D eigenvalue weighted by atomic mass is 32.2. The second kappa shape index (κ2) is 10.3. The number of hydrogen-bond donors (Lipinski definition) is 1. The van der Waals surface area contributed by atoms with Crippen molar-refractivity contribution in [3.63, 3.8) is 0 Å². The van der Waals surface area contributed by atoms with Gasteiger partial charge in [-0.25, -0.2) is 9.78 Å². The van der Waals surface area contributed by atoms with E-state index in [1.165, 1.54) is 22.7 Å². The van der Waals surface area contributed by atoms with Crippen molar-refractivity contribution in [2.75, 3.05) is 17.7 Å². The van der Waals surface area contributed by atoms with Gasteiger partial charge >= 0.3 is 5.97 Å². The number of carbonyl (C=O) groups excluding carboxylic acids is 2. The number of pyridine rings is 1. The predicted octanol–water partition coefficient (Wildman–Crippen LogP) is 5.51. The van der Waals surface area contributed by atoms with Crippen LogP contribution in [0.2, 0.25) is 0 Å². The summed E-state index contributed by atoms with van der Waals surface area (Å²) < 4.78 is 7.35. The molecule has 1 N–H and O–H groups in total. The van der Waals surface area contributed by atoms with Gasteiger partial charge in [-0.2, -0.15) is 0 Å². The fourth-order valence-corrected chi connectivity index (χ4v) is 5.63. The molecular weight excluding hydrogens is 482 g/mol. The van der Waals surface area contributed by atoms with Crippen molar-refractivity contribution < 1.29 is 14.3 Å². The van der Waals surface area contributed by atoms with Crippen LogP contribution in [-0.2, 0) is 9.53 Å². The molecule has 3 aromatic heterocycles. The standard InChI is InChI=1S/C25H29N5O3S2/c1-13(2)12-33-23(32)22-17(6)26-24(35-22)27-20(31)7-8-34-25-29-28-19-11-15(4)18-10-14(3)9-16(5)21(18)30(19)25/h9-11,13H,7-8,12H2,1-6H3,(H,26,27,31). The lowest BCUT2D eigenvalue weighted by atomic mass is 10.0. The van der Waals surface area contributed by atoms with Crippen molar-refractivity contribution in [1.82, 2.24) is 19.6 Å². The summed E-state index contributed by atoms with van der Waals surface area (Å²) in [6, 6.07) is 6.38. The van der Waals surface area contributed by atoms with Gasteiger partial charge in [0.15, 0.2) is 15.9 Å². The number of ether oxygens (including phenoxy) is 1. The molecule has 1 amide bonds. The van der Waals surface area contributed by atoms with Crippen LogP contribution in [0.1, 0.15) is 52.3 Å². The average molecular weight is 512 g/mol. The number of benzene rings is 1. The molecule has 0 aliphatic carbocycles. The van der Waals surface area contributed by atoms with E-state index in [0.29, 0.717) is 28.1 Å². The number of esters is 1. The number of thiazole rings is 1. The summed E-state index contributed by atoms with van der Waals surface area (Å²) in [6.07, 6.45) is 0.271. The number of aryl methyl sites for hydroxylation is 4. The van der Waals surface area contributed by atoms with Crippen molar-refractivity contribution in [3.8, 4) is 0 Å². The van der Waals surface area contributed by atoms with E-state index in [9.17, 15) is 9.59 Å². The Morgan fingerprint density at radius 2 is 1.89 bits per heavy atom. The van der Waals surface area contributed by atoms with Gasteiger partial charge in [0.1, 0.15) is 4.88 Å². The van der Waals surface area contributed by atoms with E-state index in [2.05, 4.69) is 57.8 Å². The van der Waals surface area contributed by atoms with Crippen LogP contribution >= 0.6 is 23.1 Å². The molecule has 0 saturated heterocycles. The largest absolute Gasteiger partial charge is 0.461 e. The Bertz CT molecular complexity index is 1420. The second-order valence-corrected chi connectivity index (χ2v) is 11.1. The molecule has 0 unspecified atom stereocenters. The van der Waals surface area contributed by atoms with Crippen molar-refractivity contribution in [3.05, 3.63) is 45.5 Å². The molecule has 0 atom stereocenters. The summed E-state index contributed by atoms with van der Waals surface area (Å²) in [4.78, 5) is 29.5. The van der Waals surface area contributed by atoms with Gasteiger partial charge < -0.3 is 10.1 Å². The lowest BCUT2D eigenvalue weighted by Gasteiger charge is -2.11. The van der Waals surface area contributed by atoms with Crippen LogP contribution in [0.25, 0.3) is 16.6 Å². The first kappa shape index (κ1) is 25.1. The zero-order chi connectivity index (χ0) is 25.3. The van der Waals surface area contributed by atoms with Gasteiger partial charge in [0.25, 0.3) is 0 Å². The van der Waals surface area contributed by atoms with E-state index in [1.54, 1.807) is 6.92 Å². The summed E-state index contributed by atoms with van der Waals surface area (Å²) in [6.45, 7) is 12.3. The number of nitrogens with zero attached hydrogens (tertiary/aromatic N) is 4. The maximum Gasteiger partial charge on any atom is 0.350 e. The third-order valence-electron chi connectivity index (χ3n) is 5.43. The monoisotopic (exact) mass is 511 g/mol. The van der Waals surface area contributed by atoms with Crippen LogP contribution in [0.15, 0.2) is 23.4 Å². The Kier molecular flexibility index (Phi) is 7.42. The summed E-state index contributed by atoms with van der Waals surface area (Å²) in [5, 5.41) is 13.9. The molecular formula is C25H29N5O3S2. The average Bonchev–Trinajstić information content (AvgIpc) is 3.34. The number of nitrogens with one attached hydrogen (secondary N) is 1. The summed E-state index contributed by atoms with van der Waals surface area (Å²) >= 11 is 2.62. The molecule has 3 heterocycles. The number of amides is 1. The first-order valence-corrected chi connectivity index (χ1v) is 13.3. The molecule has 8 nitrogen and oxygen atoms in total. The highest BCUT2D eigenvalue weighted by Gasteiger charge is 2.19. The highest BCUT2D eigenvalue weighted by molar-refractivity contribution is 7.99. The number of hydrogen-bond acceptors (Lipinski definition) is 8. The molecule has 35 heavy (non-hydrogen) atoms. The summed E-state index contributed by atoms with van der Waals surface area (Å²) in [7, 11) is 0. The molecule has 0 aliphatic rings. The summed E-state index contributed by atoms with van der Waals surface area (Å²) in [5.41, 5.74) is 5.98. The fourth-order valence-electron chi connectivity index (χ4n) is 3.87. The minimum atomic E-state index is -0.406. The van der Waals surface area contributed by atoms with E-state index >= 15 is 0 Å². The lowest BCUT2D eigenvalue weighted by molar-refractivity contribution is -0.115. The van der Waals surface area contributed by atoms with E-state index in [-0.39, 0.29) is 18.2 Å². The van der Waals surface area contributed by atoms with Crippen LogP contribution in [0.4, 0.5) is 5.13 Å². The molecule has 4 aromatic rings. The number of carbonyl (C=O) groups is 2. The Balaban J connectivity index is 1.42. The van der Waals surface area contributed by atoms with Crippen molar-refractivity contribution >= 4 is 56.7 Å². The third-order valence-corrected chi connectivity index (χ3v) is 7.42. The lowest BCUT2D eigenvalue weighted by Crippen LogP contribution is -2.12. The number of thioether (sulfide) groups is 1. The van der Waals surface area contributed by atoms with Gasteiger partial charge in [0, 0.05) is 17.6 Å². The quantitative estimate of drug-likeness (QED) is 0.246. The van der Waals surface area contributed by atoms with Gasteiger partial charge in [-0.15, -0.1) is 10.2 Å². The van der Waals surface area contributed by atoms with Crippen LogP contribution in [-0.4, -0.2) is 43.8 Å². The first-order chi connectivity index (χ1) is 16.6. The molecule has 10 heteroatoms. The third kappa shape index (κ3) is 5.48. The Labute approximate surface area is 212 Å². The minimum absolute atomic E-state index is 0.172. The van der Waals surface area contributed by atoms with Crippen molar-refractivity contribution in [2.45, 2.75) is 53.1 Å². The molecule has 1 aromatic carbocycles. The zero-order valence-corrected chi connectivity index (χ0v) is 22.4. The van der Waals surface area contributed by atoms with Gasteiger partial charge in [-0.1, -0.05) is 48.6 Å². The SMILES string of the molecule is Cc1cc(C)c2c(c1)c(C)cc1nnc(SCCC(=O)Nc3nc(C)c(C(=O)OCC(C)C)s3)n12. The van der Waals surface area contributed by atoms with Crippen molar-refractivity contribution in [2.24, 2.45) is 5.92 Å².